The zero-order valence-electron chi connectivity index (χ0n) is 22.4. The van der Waals surface area contributed by atoms with Gasteiger partial charge in [0.2, 0.25) is 0 Å². The molecule has 1 amide bonds. The Kier molecular flexibility index (Phi) is 6.28. The second-order valence-corrected chi connectivity index (χ2v) is 11.2. The molecule has 1 spiro atoms. The van der Waals surface area contributed by atoms with Crippen LogP contribution in [0.25, 0.3) is 27.7 Å². The maximum absolute atomic E-state index is 14.2. The van der Waals surface area contributed by atoms with E-state index in [-0.39, 0.29) is 16.0 Å². The number of ether oxygens (including phenoxy) is 1. The molecular weight excluding hydrogens is 547 g/mol. The van der Waals surface area contributed by atoms with Gasteiger partial charge in [-0.05, 0) is 50.1 Å². The van der Waals surface area contributed by atoms with Crippen LogP contribution in [0.1, 0.15) is 30.1 Å². The summed E-state index contributed by atoms with van der Waals surface area (Å²) in [6.07, 6.45) is 7.53. The molecule has 2 aliphatic rings. The number of nitrogens with zero attached hydrogens (tertiary/aromatic N) is 6. The minimum Gasteiger partial charge on any atom is -0.492 e. The molecule has 7 rings (SSSR count). The highest BCUT2D eigenvalue weighted by Crippen LogP contribution is 2.41. The fourth-order valence-electron chi connectivity index (χ4n) is 6.14. The molecule has 4 aromatic heterocycles. The highest BCUT2D eigenvalue weighted by Gasteiger charge is 2.46. The Bertz CT molecular complexity index is 1740. The largest absolute Gasteiger partial charge is 0.492 e. The number of pyridine rings is 2. The molecule has 41 heavy (non-hydrogen) atoms. The van der Waals surface area contributed by atoms with Gasteiger partial charge in [0.15, 0.2) is 5.65 Å². The minimum atomic E-state index is -0.626. The number of carbonyl (C=O) groups excluding carboxylic acids is 1. The maximum atomic E-state index is 14.2. The number of H-pyrrole nitrogens is 1. The Morgan fingerprint density at radius 2 is 2.10 bits per heavy atom. The molecule has 1 aromatic carbocycles. The smallest absolute Gasteiger partial charge is 0.270 e. The number of carbonyl (C=O) groups is 1. The number of benzene rings is 1. The maximum Gasteiger partial charge on any atom is 0.270 e. The first-order chi connectivity index (χ1) is 19.9. The third-order valence-corrected chi connectivity index (χ3v) is 8.27. The van der Waals surface area contributed by atoms with E-state index in [0.717, 1.165) is 59.5 Å². The molecule has 0 atom stereocenters. The molecule has 210 valence electrons. The molecule has 2 N–H and O–H groups in total. The molecule has 2 aliphatic heterocycles. The normalized spacial score (nSPS) is 16.8. The SMILES string of the molecule is CCOc1cc(-c2ccc(N3CC4(CCCN(NC(=O)c5c(F)cccc5Cl)C4)C3)nc2)c2c3cn[nH]c3nn2c1. The molecule has 6 heterocycles. The van der Waals surface area contributed by atoms with Gasteiger partial charge in [-0.3, -0.25) is 15.3 Å². The van der Waals surface area contributed by atoms with Crippen LogP contribution in [0.15, 0.2) is 55.0 Å². The number of hydrogen-bond donors (Lipinski definition) is 2. The first-order valence-electron chi connectivity index (χ1n) is 13.6. The van der Waals surface area contributed by atoms with E-state index >= 15 is 0 Å². The lowest BCUT2D eigenvalue weighted by Gasteiger charge is -2.55. The van der Waals surface area contributed by atoms with Crippen LogP contribution in [0.3, 0.4) is 0 Å². The van der Waals surface area contributed by atoms with E-state index in [1.165, 1.54) is 18.2 Å². The van der Waals surface area contributed by atoms with Crippen LogP contribution in [-0.4, -0.2) is 68.5 Å². The van der Waals surface area contributed by atoms with E-state index in [1.54, 1.807) is 6.20 Å². The predicted molar refractivity (Wildman–Crippen MR) is 154 cm³/mol. The summed E-state index contributed by atoms with van der Waals surface area (Å²) in [6.45, 7) is 5.56. The van der Waals surface area contributed by atoms with Crippen LogP contribution < -0.4 is 15.1 Å². The van der Waals surface area contributed by atoms with Crippen molar-refractivity contribution in [1.29, 1.82) is 0 Å². The van der Waals surface area contributed by atoms with Crippen molar-refractivity contribution >= 4 is 39.9 Å². The van der Waals surface area contributed by atoms with Gasteiger partial charge in [0.05, 0.1) is 40.5 Å². The van der Waals surface area contributed by atoms with Crippen LogP contribution >= 0.6 is 11.6 Å². The Hall–Kier alpha value is -4.22. The summed E-state index contributed by atoms with van der Waals surface area (Å²) in [6, 6.07) is 10.4. The number of aromatic amines is 1. The summed E-state index contributed by atoms with van der Waals surface area (Å²) in [5, 5.41) is 14.6. The second kappa shape index (κ2) is 10.0. The summed E-state index contributed by atoms with van der Waals surface area (Å²) in [4.78, 5) is 19.8. The fraction of sp³-hybridized carbons (Fsp3) is 0.310. The van der Waals surface area contributed by atoms with E-state index in [1.807, 2.05) is 41.0 Å². The van der Waals surface area contributed by atoms with Crippen LogP contribution in [0.2, 0.25) is 5.02 Å². The molecule has 10 nitrogen and oxygen atoms in total. The average Bonchev–Trinajstić information content (AvgIpc) is 3.53. The molecule has 0 saturated carbocycles. The third kappa shape index (κ3) is 4.54. The van der Waals surface area contributed by atoms with Gasteiger partial charge in [0, 0.05) is 48.9 Å². The first-order valence-corrected chi connectivity index (χ1v) is 14.0. The summed E-state index contributed by atoms with van der Waals surface area (Å²) >= 11 is 6.09. The third-order valence-electron chi connectivity index (χ3n) is 7.96. The number of aromatic nitrogens is 5. The van der Waals surface area contributed by atoms with Crippen LogP contribution in [0, 0.1) is 11.2 Å². The van der Waals surface area contributed by atoms with Gasteiger partial charge in [-0.15, -0.1) is 5.10 Å². The monoisotopic (exact) mass is 574 g/mol. The van der Waals surface area contributed by atoms with Gasteiger partial charge in [0.1, 0.15) is 17.4 Å². The number of rotatable bonds is 6. The number of hydrazine groups is 1. The molecule has 2 saturated heterocycles. The first kappa shape index (κ1) is 25.7. The molecular formula is C29H28ClFN8O2. The molecule has 0 radical (unpaired) electrons. The van der Waals surface area contributed by atoms with Gasteiger partial charge in [-0.25, -0.2) is 18.9 Å². The summed E-state index contributed by atoms with van der Waals surface area (Å²) in [7, 11) is 0. The van der Waals surface area contributed by atoms with Crippen molar-refractivity contribution in [2.75, 3.05) is 37.7 Å². The molecule has 0 aliphatic carbocycles. The van der Waals surface area contributed by atoms with Crippen molar-refractivity contribution in [3.63, 3.8) is 0 Å². The average molecular weight is 575 g/mol. The molecule has 2 fully saturated rings. The van der Waals surface area contributed by atoms with Gasteiger partial charge in [0.25, 0.3) is 5.91 Å². The van der Waals surface area contributed by atoms with Gasteiger partial charge < -0.3 is 9.64 Å². The zero-order valence-corrected chi connectivity index (χ0v) is 23.2. The van der Waals surface area contributed by atoms with Gasteiger partial charge >= 0.3 is 0 Å². The van der Waals surface area contributed by atoms with E-state index < -0.39 is 11.7 Å². The summed E-state index contributed by atoms with van der Waals surface area (Å²) < 4.78 is 21.9. The van der Waals surface area contributed by atoms with Crippen molar-refractivity contribution in [2.45, 2.75) is 19.8 Å². The van der Waals surface area contributed by atoms with Crippen molar-refractivity contribution < 1.29 is 13.9 Å². The van der Waals surface area contributed by atoms with E-state index in [4.69, 9.17) is 21.3 Å². The second-order valence-electron chi connectivity index (χ2n) is 10.8. The fourth-order valence-corrected chi connectivity index (χ4v) is 6.39. The Balaban J connectivity index is 1.06. The van der Waals surface area contributed by atoms with E-state index in [2.05, 4.69) is 31.7 Å². The van der Waals surface area contributed by atoms with Gasteiger partial charge in [-0.2, -0.15) is 5.10 Å². The topological polar surface area (TPSA) is 104 Å². The minimum absolute atomic E-state index is 0.0351. The lowest BCUT2D eigenvalue weighted by Crippen LogP contribution is -2.65. The summed E-state index contributed by atoms with van der Waals surface area (Å²) in [5.41, 5.74) is 6.35. The Labute approximate surface area is 240 Å². The number of hydrogen-bond acceptors (Lipinski definition) is 7. The highest BCUT2D eigenvalue weighted by molar-refractivity contribution is 6.33. The van der Waals surface area contributed by atoms with Crippen molar-refractivity contribution in [2.24, 2.45) is 5.41 Å². The zero-order chi connectivity index (χ0) is 28.1. The Morgan fingerprint density at radius 1 is 1.22 bits per heavy atom. The lowest BCUT2D eigenvalue weighted by molar-refractivity contribution is 0.0261. The van der Waals surface area contributed by atoms with Crippen molar-refractivity contribution in [3.05, 3.63) is 71.4 Å². The molecule has 0 unspecified atom stereocenters. The number of amides is 1. The summed E-state index contributed by atoms with van der Waals surface area (Å²) in [5.74, 6) is 0.483. The molecule has 0 bridgehead atoms. The van der Waals surface area contributed by atoms with Crippen molar-refractivity contribution in [3.8, 4) is 16.9 Å². The van der Waals surface area contributed by atoms with Crippen LogP contribution in [0.4, 0.5) is 10.2 Å². The number of nitrogens with one attached hydrogen (secondary N) is 2. The number of halogens is 2. The lowest BCUT2D eigenvalue weighted by atomic mass is 9.73. The van der Waals surface area contributed by atoms with Crippen LogP contribution in [0.5, 0.6) is 5.75 Å². The van der Waals surface area contributed by atoms with Crippen LogP contribution in [-0.2, 0) is 0 Å². The highest BCUT2D eigenvalue weighted by atomic mass is 35.5. The number of anilines is 1. The van der Waals surface area contributed by atoms with E-state index in [9.17, 15) is 9.18 Å². The quantitative estimate of drug-likeness (QED) is 0.303. The molecule has 5 aromatic rings. The van der Waals surface area contributed by atoms with Gasteiger partial charge in [-0.1, -0.05) is 17.7 Å². The van der Waals surface area contributed by atoms with Crippen molar-refractivity contribution in [1.82, 2.24) is 35.2 Å². The number of fused-ring (bicyclic) bond motifs is 3. The standard InChI is InChI=1S/C29H28ClFN8O2/c1-2-41-19-11-20(26-21-13-33-34-27(21)35-39(26)14-19)18-7-8-24(32-12-18)37-15-29(16-37)9-4-10-38(17-29)36-28(40)25-22(30)5-3-6-23(25)31/h3,5-8,11-14H,2,4,9-10,15-17H2,1H3,(H,34,35)(H,36,40). The van der Waals surface area contributed by atoms with E-state index in [0.29, 0.717) is 25.3 Å². The predicted octanol–water partition coefficient (Wildman–Crippen LogP) is 4.71. The molecule has 12 heteroatoms. The Morgan fingerprint density at radius 3 is 2.88 bits per heavy atom. The number of piperidine rings is 1.